The van der Waals surface area contributed by atoms with Gasteiger partial charge in [-0.3, -0.25) is 15.0 Å². The summed E-state index contributed by atoms with van der Waals surface area (Å²) in [4.78, 5) is 26.9. The molecule has 0 unspecified atom stereocenters. The number of hydrazine groups is 1. The van der Waals surface area contributed by atoms with Crippen molar-refractivity contribution in [2.75, 3.05) is 18.5 Å². The summed E-state index contributed by atoms with van der Waals surface area (Å²) in [5.74, 6) is 0.180. The summed E-state index contributed by atoms with van der Waals surface area (Å²) in [7, 11) is 0. The van der Waals surface area contributed by atoms with Crippen molar-refractivity contribution in [2.45, 2.75) is 13.1 Å². The molecular formula is C26H24BrN3O4. The summed E-state index contributed by atoms with van der Waals surface area (Å²) in [5.41, 5.74) is 4.88. The number of fused-ring (bicyclic) bond motifs is 1. The lowest BCUT2D eigenvalue weighted by molar-refractivity contribution is 0.0486. The van der Waals surface area contributed by atoms with Crippen LogP contribution in [-0.4, -0.2) is 30.0 Å². The number of ether oxygens (including phenoxy) is 2. The number of benzene rings is 3. The maximum absolute atomic E-state index is 13.6. The SMILES string of the molecule is C=CCOc1ccc(Br)cc1[C@@H]1Nc2ccccc2C(=O)N1NC(=O)c1ccccc1OCC. The molecule has 1 aliphatic heterocycles. The van der Waals surface area contributed by atoms with Gasteiger partial charge in [-0.25, -0.2) is 5.01 Å². The monoisotopic (exact) mass is 521 g/mol. The molecule has 2 amide bonds. The van der Waals surface area contributed by atoms with E-state index in [0.717, 1.165) is 4.47 Å². The van der Waals surface area contributed by atoms with Gasteiger partial charge in [-0.2, -0.15) is 0 Å². The Hall–Kier alpha value is -3.78. The largest absolute Gasteiger partial charge is 0.493 e. The van der Waals surface area contributed by atoms with E-state index in [2.05, 4.69) is 33.3 Å². The first kappa shape index (κ1) is 23.4. The average Bonchev–Trinajstić information content (AvgIpc) is 2.85. The van der Waals surface area contributed by atoms with E-state index < -0.39 is 12.1 Å². The zero-order chi connectivity index (χ0) is 24.1. The second-order valence-electron chi connectivity index (χ2n) is 7.42. The first-order chi connectivity index (χ1) is 16.5. The van der Waals surface area contributed by atoms with Gasteiger partial charge in [0.2, 0.25) is 0 Å². The van der Waals surface area contributed by atoms with E-state index in [0.29, 0.717) is 47.1 Å². The number of hydrogen-bond donors (Lipinski definition) is 2. The maximum Gasteiger partial charge on any atom is 0.276 e. The summed E-state index contributed by atoms with van der Waals surface area (Å²) in [6.07, 6.45) is 0.910. The standard InChI is InChI=1S/C26H24BrN3O4/c1-3-15-34-23-14-13-17(27)16-20(23)24-28-21-11-7-5-9-18(21)26(32)30(24)29-25(31)19-10-6-8-12-22(19)33-4-2/h3,5-14,16,24,28H,1,4,15H2,2H3,(H,29,31)/t24-/m1/s1. The molecule has 0 saturated carbocycles. The van der Waals surface area contributed by atoms with E-state index in [1.165, 1.54) is 5.01 Å². The van der Waals surface area contributed by atoms with Crippen LogP contribution < -0.4 is 20.2 Å². The Morgan fingerprint density at radius 2 is 1.88 bits per heavy atom. The van der Waals surface area contributed by atoms with Crippen LogP contribution in [0.25, 0.3) is 0 Å². The van der Waals surface area contributed by atoms with Gasteiger partial charge in [0.1, 0.15) is 18.1 Å². The lowest BCUT2D eigenvalue weighted by atomic mass is 10.0. The van der Waals surface area contributed by atoms with E-state index in [1.807, 2.05) is 31.2 Å². The molecule has 7 nitrogen and oxygen atoms in total. The average molecular weight is 522 g/mol. The third kappa shape index (κ3) is 4.77. The van der Waals surface area contributed by atoms with Gasteiger partial charge in [-0.05, 0) is 49.4 Å². The molecule has 0 fully saturated rings. The molecule has 0 radical (unpaired) electrons. The van der Waals surface area contributed by atoms with Crippen LogP contribution >= 0.6 is 15.9 Å². The minimum absolute atomic E-state index is 0.292. The zero-order valence-corrected chi connectivity index (χ0v) is 20.2. The van der Waals surface area contributed by atoms with Crippen LogP contribution in [0.2, 0.25) is 0 Å². The van der Waals surface area contributed by atoms with E-state index >= 15 is 0 Å². The summed E-state index contributed by atoms with van der Waals surface area (Å²) in [6.45, 7) is 6.25. The van der Waals surface area contributed by atoms with Crippen LogP contribution in [0.5, 0.6) is 11.5 Å². The lowest BCUT2D eigenvalue weighted by Crippen LogP contribution is -2.53. The Balaban J connectivity index is 1.76. The van der Waals surface area contributed by atoms with Gasteiger partial charge in [-0.15, -0.1) is 0 Å². The van der Waals surface area contributed by atoms with Crippen LogP contribution in [0.15, 0.2) is 83.9 Å². The van der Waals surface area contributed by atoms with Crippen LogP contribution in [0, 0.1) is 0 Å². The molecule has 174 valence electrons. The molecule has 0 bridgehead atoms. The highest BCUT2D eigenvalue weighted by Crippen LogP contribution is 2.37. The Morgan fingerprint density at radius 3 is 2.68 bits per heavy atom. The highest BCUT2D eigenvalue weighted by molar-refractivity contribution is 9.10. The third-order valence-corrected chi connectivity index (χ3v) is 5.70. The highest BCUT2D eigenvalue weighted by Gasteiger charge is 2.36. The Morgan fingerprint density at radius 1 is 1.12 bits per heavy atom. The molecular weight excluding hydrogens is 498 g/mol. The first-order valence-electron chi connectivity index (χ1n) is 10.8. The molecule has 0 aliphatic carbocycles. The van der Waals surface area contributed by atoms with Crippen molar-refractivity contribution in [3.63, 3.8) is 0 Å². The molecule has 0 aromatic heterocycles. The van der Waals surface area contributed by atoms with E-state index in [1.54, 1.807) is 48.5 Å². The molecule has 3 aromatic rings. The van der Waals surface area contributed by atoms with Crippen molar-refractivity contribution in [1.82, 2.24) is 10.4 Å². The number of amides is 2. The van der Waals surface area contributed by atoms with Crippen molar-refractivity contribution in [1.29, 1.82) is 0 Å². The quantitative estimate of drug-likeness (QED) is 0.392. The first-order valence-corrected chi connectivity index (χ1v) is 11.6. The van der Waals surface area contributed by atoms with Crippen molar-refractivity contribution < 1.29 is 19.1 Å². The topological polar surface area (TPSA) is 79.9 Å². The number of anilines is 1. The van der Waals surface area contributed by atoms with Gasteiger partial charge in [0, 0.05) is 15.7 Å². The fourth-order valence-corrected chi connectivity index (χ4v) is 4.08. The van der Waals surface area contributed by atoms with Gasteiger partial charge < -0.3 is 14.8 Å². The Kier molecular flexibility index (Phi) is 7.18. The number of carbonyl (C=O) groups excluding carboxylic acids is 2. The van der Waals surface area contributed by atoms with Gasteiger partial charge in [0.05, 0.1) is 17.7 Å². The van der Waals surface area contributed by atoms with Crippen LogP contribution in [0.1, 0.15) is 39.4 Å². The van der Waals surface area contributed by atoms with Crippen molar-refractivity contribution in [3.05, 3.63) is 101 Å². The smallest absolute Gasteiger partial charge is 0.276 e. The Bertz CT molecular complexity index is 1230. The minimum Gasteiger partial charge on any atom is -0.493 e. The molecule has 1 atom stereocenters. The zero-order valence-electron chi connectivity index (χ0n) is 18.6. The Labute approximate surface area is 206 Å². The molecule has 1 aliphatic rings. The van der Waals surface area contributed by atoms with E-state index in [4.69, 9.17) is 9.47 Å². The second-order valence-corrected chi connectivity index (χ2v) is 8.34. The summed E-state index contributed by atoms with van der Waals surface area (Å²) >= 11 is 3.50. The van der Waals surface area contributed by atoms with Crippen LogP contribution in [0.3, 0.4) is 0 Å². The predicted molar refractivity (Wildman–Crippen MR) is 134 cm³/mol. The summed E-state index contributed by atoms with van der Waals surface area (Å²) in [6, 6.07) is 19.6. The third-order valence-electron chi connectivity index (χ3n) is 5.20. The predicted octanol–water partition coefficient (Wildman–Crippen LogP) is 5.32. The minimum atomic E-state index is -0.733. The number of halogens is 1. The lowest BCUT2D eigenvalue weighted by Gasteiger charge is -2.38. The summed E-state index contributed by atoms with van der Waals surface area (Å²) in [5, 5.41) is 4.65. The van der Waals surface area contributed by atoms with Crippen molar-refractivity contribution >= 4 is 33.4 Å². The summed E-state index contributed by atoms with van der Waals surface area (Å²) < 4.78 is 12.3. The number of carbonyl (C=O) groups is 2. The number of rotatable bonds is 8. The molecule has 4 rings (SSSR count). The van der Waals surface area contributed by atoms with Gasteiger partial charge in [0.25, 0.3) is 11.8 Å². The molecule has 0 spiro atoms. The van der Waals surface area contributed by atoms with Gasteiger partial charge >= 0.3 is 0 Å². The molecule has 2 N–H and O–H groups in total. The molecule has 0 saturated heterocycles. The molecule has 34 heavy (non-hydrogen) atoms. The number of hydrogen-bond acceptors (Lipinski definition) is 5. The van der Waals surface area contributed by atoms with E-state index in [-0.39, 0.29) is 5.91 Å². The second kappa shape index (κ2) is 10.4. The fourth-order valence-electron chi connectivity index (χ4n) is 3.70. The fraction of sp³-hybridized carbons (Fsp3) is 0.154. The molecule has 8 heteroatoms. The maximum atomic E-state index is 13.6. The molecule has 3 aromatic carbocycles. The van der Waals surface area contributed by atoms with Crippen LogP contribution in [-0.2, 0) is 0 Å². The van der Waals surface area contributed by atoms with Gasteiger partial charge in [0.15, 0.2) is 6.17 Å². The van der Waals surface area contributed by atoms with Crippen molar-refractivity contribution in [3.8, 4) is 11.5 Å². The number of nitrogens with one attached hydrogen (secondary N) is 2. The normalized spacial score (nSPS) is 14.6. The van der Waals surface area contributed by atoms with Crippen LogP contribution in [0.4, 0.5) is 5.69 Å². The highest BCUT2D eigenvalue weighted by atomic mass is 79.9. The van der Waals surface area contributed by atoms with Crippen molar-refractivity contribution in [2.24, 2.45) is 0 Å². The van der Waals surface area contributed by atoms with E-state index in [9.17, 15) is 9.59 Å². The number of para-hydroxylation sites is 2. The van der Waals surface area contributed by atoms with Gasteiger partial charge in [-0.1, -0.05) is 52.9 Å². The molecule has 1 heterocycles. The number of nitrogens with zero attached hydrogens (tertiary/aromatic N) is 1.